The summed E-state index contributed by atoms with van der Waals surface area (Å²) in [5.74, 6) is 0.282. The number of likely N-dealkylation sites (tertiary alicyclic amines) is 1. The molecular formula is C18H22N2OS. The summed E-state index contributed by atoms with van der Waals surface area (Å²) in [7, 11) is 0. The zero-order chi connectivity index (χ0) is 15.4. The number of aryl methyl sites for hydroxylation is 1. The summed E-state index contributed by atoms with van der Waals surface area (Å²) in [6, 6.07) is 10.2. The Morgan fingerprint density at radius 1 is 1.27 bits per heavy atom. The van der Waals surface area contributed by atoms with E-state index in [2.05, 4.69) is 24.0 Å². The van der Waals surface area contributed by atoms with Crippen molar-refractivity contribution < 1.29 is 4.79 Å². The van der Waals surface area contributed by atoms with Crippen LogP contribution in [0.5, 0.6) is 0 Å². The van der Waals surface area contributed by atoms with Gasteiger partial charge in [0.15, 0.2) is 0 Å². The fraction of sp³-hybridized carbons (Fsp3) is 0.444. The Kier molecular flexibility index (Phi) is 4.57. The molecule has 1 aliphatic rings. The number of aromatic nitrogens is 1. The quantitative estimate of drug-likeness (QED) is 0.863. The molecule has 0 spiro atoms. The lowest BCUT2D eigenvalue weighted by molar-refractivity contribution is -0.132. The van der Waals surface area contributed by atoms with E-state index in [-0.39, 0.29) is 11.3 Å². The van der Waals surface area contributed by atoms with Gasteiger partial charge in [-0.25, -0.2) is 4.98 Å². The summed E-state index contributed by atoms with van der Waals surface area (Å²) in [5.41, 5.74) is 1.38. The summed E-state index contributed by atoms with van der Waals surface area (Å²) in [4.78, 5) is 18.9. The van der Waals surface area contributed by atoms with Crippen LogP contribution in [0.2, 0.25) is 0 Å². The highest BCUT2D eigenvalue weighted by Crippen LogP contribution is 2.36. The molecule has 1 amide bonds. The molecule has 4 heteroatoms. The van der Waals surface area contributed by atoms with Gasteiger partial charge in [0, 0.05) is 36.5 Å². The summed E-state index contributed by atoms with van der Waals surface area (Å²) in [6.45, 7) is 3.98. The fourth-order valence-electron chi connectivity index (χ4n) is 3.04. The topological polar surface area (TPSA) is 33.2 Å². The number of nitrogens with zero attached hydrogens (tertiary/aromatic N) is 2. The molecule has 1 saturated heterocycles. The molecule has 1 aromatic heterocycles. The van der Waals surface area contributed by atoms with E-state index in [1.54, 1.807) is 11.3 Å². The first-order chi connectivity index (χ1) is 10.7. The second-order valence-corrected chi connectivity index (χ2v) is 7.16. The van der Waals surface area contributed by atoms with E-state index < -0.39 is 0 Å². The third kappa shape index (κ3) is 3.38. The van der Waals surface area contributed by atoms with Crippen LogP contribution in [0.3, 0.4) is 0 Å². The second kappa shape index (κ2) is 6.61. The Morgan fingerprint density at radius 3 is 2.64 bits per heavy atom. The molecule has 0 bridgehead atoms. The Labute approximate surface area is 136 Å². The van der Waals surface area contributed by atoms with Crippen molar-refractivity contribution in [3.63, 3.8) is 0 Å². The molecule has 3 rings (SSSR count). The van der Waals surface area contributed by atoms with Gasteiger partial charge in [-0.1, -0.05) is 37.3 Å². The van der Waals surface area contributed by atoms with E-state index in [1.807, 2.05) is 34.7 Å². The molecule has 0 atom stereocenters. The van der Waals surface area contributed by atoms with Crippen LogP contribution in [0.1, 0.15) is 36.8 Å². The molecule has 0 aliphatic carbocycles. The highest BCUT2D eigenvalue weighted by molar-refractivity contribution is 7.09. The number of thiazole rings is 1. The maximum atomic E-state index is 12.4. The highest BCUT2D eigenvalue weighted by atomic mass is 32.1. The van der Waals surface area contributed by atoms with Gasteiger partial charge in [0.2, 0.25) is 5.91 Å². The van der Waals surface area contributed by atoms with Crippen molar-refractivity contribution in [1.82, 2.24) is 9.88 Å². The SMILES string of the molecule is CC1(c2nccs2)CCN(C(=O)CCc2ccccc2)CC1. The standard InChI is InChI=1S/C18H22N2OS/c1-18(17-19-11-14-22-17)9-12-20(13-10-18)16(21)8-7-15-5-3-2-4-6-15/h2-6,11,14H,7-10,12-13H2,1H3. The number of carbonyl (C=O) groups excluding carboxylic acids is 1. The lowest BCUT2D eigenvalue weighted by atomic mass is 9.81. The predicted molar refractivity (Wildman–Crippen MR) is 90.0 cm³/mol. The highest BCUT2D eigenvalue weighted by Gasteiger charge is 2.34. The molecule has 116 valence electrons. The molecule has 22 heavy (non-hydrogen) atoms. The smallest absolute Gasteiger partial charge is 0.222 e. The molecule has 2 heterocycles. The Morgan fingerprint density at radius 2 is 2.00 bits per heavy atom. The maximum absolute atomic E-state index is 12.4. The van der Waals surface area contributed by atoms with Gasteiger partial charge >= 0.3 is 0 Å². The van der Waals surface area contributed by atoms with Crippen LogP contribution in [0.25, 0.3) is 0 Å². The predicted octanol–water partition coefficient (Wildman–Crippen LogP) is 3.66. The lowest BCUT2D eigenvalue weighted by Crippen LogP contribution is -2.44. The molecule has 1 aliphatic heterocycles. The molecule has 0 N–H and O–H groups in total. The van der Waals surface area contributed by atoms with E-state index in [4.69, 9.17) is 0 Å². The van der Waals surface area contributed by atoms with E-state index in [0.29, 0.717) is 6.42 Å². The molecule has 0 saturated carbocycles. The van der Waals surface area contributed by atoms with Crippen LogP contribution < -0.4 is 0 Å². The van der Waals surface area contributed by atoms with Crippen LogP contribution >= 0.6 is 11.3 Å². The molecule has 0 unspecified atom stereocenters. The van der Waals surface area contributed by atoms with Crippen LogP contribution in [-0.2, 0) is 16.6 Å². The summed E-state index contributed by atoms with van der Waals surface area (Å²) >= 11 is 1.73. The number of benzene rings is 1. The molecule has 2 aromatic rings. The van der Waals surface area contributed by atoms with Crippen molar-refractivity contribution in [2.45, 2.75) is 38.0 Å². The summed E-state index contributed by atoms with van der Waals surface area (Å²) in [5, 5.41) is 3.25. The van der Waals surface area contributed by atoms with Crippen LogP contribution in [0.15, 0.2) is 41.9 Å². The maximum Gasteiger partial charge on any atom is 0.222 e. The van der Waals surface area contributed by atoms with Crippen molar-refractivity contribution in [1.29, 1.82) is 0 Å². The van der Waals surface area contributed by atoms with Crippen LogP contribution in [0.4, 0.5) is 0 Å². The monoisotopic (exact) mass is 314 g/mol. The van der Waals surface area contributed by atoms with E-state index in [1.165, 1.54) is 10.6 Å². The third-order valence-corrected chi connectivity index (χ3v) is 5.72. The lowest BCUT2D eigenvalue weighted by Gasteiger charge is -2.38. The number of hydrogen-bond donors (Lipinski definition) is 0. The van der Waals surface area contributed by atoms with E-state index >= 15 is 0 Å². The van der Waals surface area contributed by atoms with Crippen LogP contribution in [0, 0.1) is 0 Å². The van der Waals surface area contributed by atoms with Crippen molar-refractivity contribution in [3.05, 3.63) is 52.5 Å². The minimum absolute atomic E-state index is 0.143. The van der Waals surface area contributed by atoms with Gasteiger partial charge in [0.25, 0.3) is 0 Å². The van der Waals surface area contributed by atoms with Crippen molar-refractivity contribution >= 4 is 17.2 Å². The van der Waals surface area contributed by atoms with Gasteiger partial charge in [-0.2, -0.15) is 0 Å². The minimum Gasteiger partial charge on any atom is -0.343 e. The third-order valence-electron chi connectivity index (χ3n) is 4.64. The van der Waals surface area contributed by atoms with Gasteiger partial charge in [0.05, 0.1) is 5.01 Å². The molecular weight excluding hydrogens is 292 g/mol. The van der Waals surface area contributed by atoms with Crippen molar-refractivity contribution in [2.24, 2.45) is 0 Å². The molecule has 1 aromatic carbocycles. The summed E-state index contributed by atoms with van der Waals surface area (Å²) < 4.78 is 0. The van der Waals surface area contributed by atoms with Gasteiger partial charge in [0.1, 0.15) is 0 Å². The van der Waals surface area contributed by atoms with Gasteiger partial charge in [-0.05, 0) is 24.8 Å². The second-order valence-electron chi connectivity index (χ2n) is 6.26. The number of carbonyl (C=O) groups is 1. The number of rotatable bonds is 4. The molecule has 1 fully saturated rings. The molecule has 3 nitrogen and oxygen atoms in total. The molecule has 0 radical (unpaired) electrons. The van der Waals surface area contributed by atoms with E-state index in [0.717, 1.165) is 32.4 Å². The Hall–Kier alpha value is -1.68. The van der Waals surface area contributed by atoms with Gasteiger partial charge < -0.3 is 4.90 Å². The Balaban J connectivity index is 1.52. The van der Waals surface area contributed by atoms with Gasteiger partial charge in [-0.3, -0.25) is 4.79 Å². The first kappa shape index (κ1) is 15.2. The Bertz CT molecular complexity index is 601. The fourth-order valence-corrected chi connectivity index (χ4v) is 3.90. The average molecular weight is 314 g/mol. The van der Waals surface area contributed by atoms with Crippen molar-refractivity contribution in [3.8, 4) is 0 Å². The average Bonchev–Trinajstić information content (AvgIpc) is 3.10. The number of amides is 1. The number of hydrogen-bond acceptors (Lipinski definition) is 3. The number of piperidine rings is 1. The van der Waals surface area contributed by atoms with E-state index in [9.17, 15) is 4.79 Å². The first-order valence-electron chi connectivity index (χ1n) is 7.89. The first-order valence-corrected chi connectivity index (χ1v) is 8.77. The van der Waals surface area contributed by atoms with Crippen molar-refractivity contribution in [2.75, 3.05) is 13.1 Å². The zero-order valence-electron chi connectivity index (χ0n) is 13.0. The normalized spacial score (nSPS) is 17.4. The summed E-state index contributed by atoms with van der Waals surface area (Å²) in [6.07, 6.45) is 5.34. The minimum atomic E-state index is 0.143. The zero-order valence-corrected chi connectivity index (χ0v) is 13.8. The van der Waals surface area contributed by atoms with Gasteiger partial charge in [-0.15, -0.1) is 11.3 Å². The van der Waals surface area contributed by atoms with Crippen LogP contribution in [-0.4, -0.2) is 28.9 Å². The largest absolute Gasteiger partial charge is 0.343 e.